The molecule has 0 aromatic heterocycles. The van der Waals surface area contributed by atoms with Crippen LogP contribution in [0.15, 0.2) is 48.5 Å². The van der Waals surface area contributed by atoms with E-state index in [4.69, 9.17) is 27.9 Å². The number of ether oxygens (including phenoxy) is 1. The van der Waals surface area contributed by atoms with Gasteiger partial charge in [0.2, 0.25) is 0 Å². The van der Waals surface area contributed by atoms with E-state index in [1.54, 1.807) is 18.2 Å². The molecule has 0 N–H and O–H groups in total. The molecule has 0 aliphatic heterocycles. The molecule has 4 heteroatoms. The molecule has 98 valence electrons. The number of rotatable bonds is 5. The van der Waals surface area contributed by atoms with Gasteiger partial charge in [-0.2, -0.15) is 0 Å². The molecule has 0 spiro atoms. The van der Waals surface area contributed by atoms with Crippen LogP contribution in [0.2, 0.25) is 5.02 Å². The van der Waals surface area contributed by atoms with Crippen molar-refractivity contribution in [2.24, 2.45) is 0 Å². The normalized spacial score (nSPS) is 10.2. The molecule has 0 atom stereocenters. The van der Waals surface area contributed by atoms with Gasteiger partial charge in [-0.1, -0.05) is 41.9 Å². The summed E-state index contributed by atoms with van der Waals surface area (Å²) >= 11 is 11.5. The van der Waals surface area contributed by atoms with Crippen LogP contribution in [0, 0.1) is 0 Å². The number of halogens is 2. The fraction of sp³-hybridized carbons (Fsp3) is 0.133. The van der Waals surface area contributed by atoms with Crippen LogP contribution in [0.4, 0.5) is 0 Å². The van der Waals surface area contributed by atoms with Crippen molar-refractivity contribution in [3.63, 3.8) is 0 Å². The van der Waals surface area contributed by atoms with Gasteiger partial charge in [0, 0.05) is 5.56 Å². The number of ketones is 1. The van der Waals surface area contributed by atoms with E-state index in [-0.39, 0.29) is 11.7 Å². The molecule has 0 saturated carbocycles. The van der Waals surface area contributed by atoms with E-state index in [1.165, 1.54) is 0 Å². The highest BCUT2D eigenvalue weighted by molar-refractivity contribution is 6.37. The Morgan fingerprint density at radius 1 is 1.11 bits per heavy atom. The first-order chi connectivity index (χ1) is 9.20. The molecule has 0 unspecified atom stereocenters. The van der Waals surface area contributed by atoms with Crippen LogP contribution in [-0.2, 0) is 6.61 Å². The first kappa shape index (κ1) is 13.9. The fourth-order valence-corrected chi connectivity index (χ4v) is 1.99. The largest absolute Gasteiger partial charge is 0.489 e. The Hall–Kier alpha value is -1.51. The van der Waals surface area contributed by atoms with Gasteiger partial charge in [-0.25, -0.2) is 0 Å². The summed E-state index contributed by atoms with van der Waals surface area (Å²) in [5.74, 6) is 0.292. The number of hydrogen-bond acceptors (Lipinski definition) is 2. The Balaban J connectivity index is 2.11. The number of carbonyl (C=O) groups is 1. The molecule has 0 radical (unpaired) electrons. The lowest BCUT2D eigenvalue weighted by atomic mass is 10.1. The molecule has 2 aromatic carbocycles. The predicted octanol–water partition coefficient (Wildman–Crippen LogP) is 4.34. The molecule has 0 saturated heterocycles. The predicted molar refractivity (Wildman–Crippen MR) is 77.3 cm³/mol. The van der Waals surface area contributed by atoms with Crippen LogP contribution in [0.3, 0.4) is 0 Å². The van der Waals surface area contributed by atoms with Crippen molar-refractivity contribution in [3.8, 4) is 5.75 Å². The average Bonchev–Trinajstić information content (AvgIpc) is 2.46. The summed E-state index contributed by atoms with van der Waals surface area (Å²) in [4.78, 5) is 11.6. The van der Waals surface area contributed by atoms with Gasteiger partial charge in [0.05, 0.1) is 10.9 Å². The summed E-state index contributed by atoms with van der Waals surface area (Å²) < 4.78 is 5.63. The Morgan fingerprint density at radius 2 is 1.84 bits per heavy atom. The van der Waals surface area contributed by atoms with Crippen LogP contribution in [0.1, 0.15) is 15.9 Å². The molecule has 2 rings (SSSR count). The lowest BCUT2D eigenvalue weighted by Gasteiger charge is -2.08. The van der Waals surface area contributed by atoms with Gasteiger partial charge in [-0.3, -0.25) is 4.79 Å². The van der Waals surface area contributed by atoms with Crippen LogP contribution in [-0.4, -0.2) is 11.7 Å². The molecule has 0 bridgehead atoms. The van der Waals surface area contributed by atoms with Crippen LogP contribution in [0.5, 0.6) is 5.75 Å². The molecule has 0 aliphatic carbocycles. The van der Waals surface area contributed by atoms with Gasteiger partial charge >= 0.3 is 0 Å². The average molecular weight is 295 g/mol. The third kappa shape index (κ3) is 3.72. The number of hydrogen-bond donors (Lipinski definition) is 0. The number of alkyl halides is 1. The minimum atomic E-state index is -0.211. The lowest BCUT2D eigenvalue weighted by Crippen LogP contribution is -2.02. The SMILES string of the molecule is O=C(CCl)c1cc(OCc2ccccc2)ccc1Cl. The lowest BCUT2D eigenvalue weighted by molar-refractivity contribution is 0.102. The van der Waals surface area contributed by atoms with Crippen LogP contribution >= 0.6 is 23.2 Å². The molecule has 0 fully saturated rings. The standard InChI is InChI=1S/C15H12Cl2O2/c16-9-15(18)13-8-12(6-7-14(13)17)19-10-11-4-2-1-3-5-11/h1-8H,9-10H2. The smallest absolute Gasteiger partial charge is 0.179 e. The molecule has 2 nitrogen and oxygen atoms in total. The molecule has 2 aromatic rings. The Labute approximate surface area is 121 Å². The monoisotopic (exact) mass is 294 g/mol. The first-order valence-corrected chi connectivity index (χ1v) is 6.67. The summed E-state index contributed by atoms with van der Waals surface area (Å²) in [6, 6.07) is 14.8. The number of carbonyl (C=O) groups excluding carboxylic acids is 1. The highest BCUT2D eigenvalue weighted by Gasteiger charge is 2.10. The zero-order valence-electron chi connectivity index (χ0n) is 10.1. The van der Waals surface area contributed by atoms with E-state index in [1.807, 2.05) is 30.3 Å². The topological polar surface area (TPSA) is 26.3 Å². The second-order valence-corrected chi connectivity index (χ2v) is 4.65. The summed E-state index contributed by atoms with van der Waals surface area (Å²) in [7, 11) is 0. The second-order valence-electron chi connectivity index (χ2n) is 3.97. The van der Waals surface area contributed by atoms with E-state index in [9.17, 15) is 4.79 Å². The van der Waals surface area contributed by atoms with Gasteiger partial charge in [0.25, 0.3) is 0 Å². The third-order valence-electron chi connectivity index (χ3n) is 2.61. The van der Waals surface area contributed by atoms with Gasteiger partial charge < -0.3 is 4.74 Å². The quantitative estimate of drug-likeness (QED) is 0.606. The summed E-state index contributed by atoms with van der Waals surface area (Å²) in [5.41, 5.74) is 1.45. The highest BCUT2D eigenvalue weighted by atomic mass is 35.5. The van der Waals surface area contributed by atoms with Crippen molar-refractivity contribution >= 4 is 29.0 Å². The Bertz CT molecular complexity index is 568. The van der Waals surface area contributed by atoms with Crippen LogP contribution in [0.25, 0.3) is 0 Å². The van der Waals surface area contributed by atoms with E-state index in [0.717, 1.165) is 5.56 Å². The van der Waals surface area contributed by atoms with E-state index >= 15 is 0 Å². The third-order valence-corrected chi connectivity index (χ3v) is 3.18. The maximum Gasteiger partial charge on any atom is 0.179 e. The van der Waals surface area contributed by atoms with Gasteiger partial charge in [0.15, 0.2) is 5.78 Å². The molecule has 0 aliphatic rings. The summed E-state index contributed by atoms with van der Waals surface area (Å²) in [6.07, 6.45) is 0. The number of Topliss-reactive ketones (excluding diaryl/α,β-unsaturated/α-hetero) is 1. The highest BCUT2D eigenvalue weighted by Crippen LogP contribution is 2.23. The van der Waals surface area contributed by atoms with Crippen molar-refractivity contribution < 1.29 is 9.53 Å². The Kier molecular flexibility index (Phi) is 4.83. The molecule has 19 heavy (non-hydrogen) atoms. The zero-order valence-corrected chi connectivity index (χ0v) is 11.6. The molecule has 0 heterocycles. The maximum atomic E-state index is 11.6. The zero-order chi connectivity index (χ0) is 13.7. The Morgan fingerprint density at radius 3 is 2.53 bits per heavy atom. The fourth-order valence-electron chi connectivity index (χ4n) is 1.62. The van der Waals surface area contributed by atoms with Crippen molar-refractivity contribution in [1.29, 1.82) is 0 Å². The molecular weight excluding hydrogens is 283 g/mol. The van der Waals surface area contributed by atoms with Gasteiger partial charge in [-0.05, 0) is 23.8 Å². The minimum Gasteiger partial charge on any atom is -0.489 e. The van der Waals surface area contributed by atoms with Crippen molar-refractivity contribution in [2.45, 2.75) is 6.61 Å². The number of benzene rings is 2. The molecule has 0 amide bonds. The minimum absolute atomic E-state index is 0.0954. The van der Waals surface area contributed by atoms with E-state index in [0.29, 0.717) is 22.9 Å². The van der Waals surface area contributed by atoms with E-state index in [2.05, 4.69) is 0 Å². The second kappa shape index (κ2) is 6.60. The van der Waals surface area contributed by atoms with E-state index < -0.39 is 0 Å². The van der Waals surface area contributed by atoms with Crippen molar-refractivity contribution in [2.75, 3.05) is 5.88 Å². The first-order valence-electron chi connectivity index (χ1n) is 5.76. The maximum absolute atomic E-state index is 11.6. The summed E-state index contributed by atoms with van der Waals surface area (Å²) in [5, 5.41) is 0.387. The van der Waals surface area contributed by atoms with Crippen molar-refractivity contribution in [1.82, 2.24) is 0 Å². The van der Waals surface area contributed by atoms with Gasteiger partial charge in [-0.15, -0.1) is 11.6 Å². The van der Waals surface area contributed by atoms with Gasteiger partial charge in [0.1, 0.15) is 12.4 Å². The van der Waals surface area contributed by atoms with Crippen molar-refractivity contribution in [3.05, 3.63) is 64.7 Å². The summed E-state index contributed by atoms with van der Waals surface area (Å²) in [6.45, 7) is 0.441. The van der Waals surface area contributed by atoms with Crippen LogP contribution < -0.4 is 4.74 Å². The molecular formula is C15H12Cl2O2.